The molecule has 0 saturated carbocycles. The Hall–Kier alpha value is -2.67. The first-order valence-electron chi connectivity index (χ1n) is 5.62. The summed E-state index contributed by atoms with van der Waals surface area (Å²) in [6.07, 6.45) is 0. The first-order chi connectivity index (χ1) is 9.88. The second-order valence-corrected chi connectivity index (χ2v) is 4.48. The number of rotatable bonds is 4. The quantitative estimate of drug-likeness (QED) is 0.661. The number of hydrogen-bond donors (Lipinski definition) is 2. The standard InChI is InChI=1S/C13H8ClFN2O4/c14-7-2-1-3-8(4-7)16-11-5-9(13(18)19)10(15)6-12(11)17(20)21/h1-6,16H,(H,18,19). The fraction of sp³-hybridized carbons (Fsp3) is 0. The molecule has 0 amide bonds. The molecule has 21 heavy (non-hydrogen) atoms. The molecular formula is C13H8ClFN2O4. The van der Waals surface area contributed by atoms with E-state index in [-0.39, 0.29) is 5.69 Å². The first-order valence-corrected chi connectivity index (χ1v) is 6.00. The molecule has 2 N–H and O–H groups in total. The average Bonchev–Trinajstić information content (AvgIpc) is 2.39. The zero-order valence-electron chi connectivity index (χ0n) is 10.3. The Labute approximate surface area is 122 Å². The molecule has 0 atom stereocenters. The number of carboxylic acids is 1. The van der Waals surface area contributed by atoms with Crippen LogP contribution in [-0.2, 0) is 0 Å². The van der Waals surface area contributed by atoms with Crippen molar-refractivity contribution in [1.29, 1.82) is 0 Å². The van der Waals surface area contributed by atoms with Crippen LogP contribution in [-0.4, -0.2) is 16.0 Å². The molecule has 0 aromatic heterocycles. The average molecular weight is 311 g/mol. The van der Waals surface area contributed by atoms with Gasteiger partial charge in [-0.15, -0.1) is 0 Å². The fourth-order valence-corrected chi connectivity index (χ4v) is 1.89. The van der Waals surface area contributed by atoms with Gasteiger partial charge >= 0.3 is 5.97 Å². The molecule has 6 nitrogen and oxygen atoms in total. The molecule has 0 bridgehead atoms. The van der Waals surface area contributed by atoms with Gasteiger partial charge in [-0.25, -0.2) is 9.18 Å². The maximum Gasteiger partial charge on any atom is 0.338 e. The zero-order chi connectivity index (χ0) is 15.6. The van der Waals surface area contributed by atoms with E-state index in [1.165, 1.54) is 6.07 Å². The third-order valence-electron chi connectivity index (χ3n) is 2.62. The molecule has 0 aliphatic rings. The van der Waals surface area contributed by atoms with E-state index in [0.717, 1.165) is 6.07 Å². The number of benzene rings is 2. The molecule has 0 unspecified atom stereocenters. The predicted octanol–water partition coefficient (Wildman–Crippen LogP) is 3.83. The number of hydrogen-bond acceptors (Lipinski definition) is 4. The van der Waals surface area contributed by atoms with E-state index in [9.17, 15) is 19.3 Å². The Morgan fingerprint density at radius 3 is 2.62 bits per heavy atom. The number of anilines is 2. The van der Waals surface area contributed by atoms with Crippen molar-refractivity contribution in [2.75, 3.05) is 5.32 Å². The van der Waals surface area contributed by atoms with Gasteiger partial charge in [-0.3, -0.25) is 10.1 Å². The van der Waals surface area contributed by atoms with Gasteiger partial charge in [0.15, 0.2) is 0 Å². The van der Waals surface area contributed by atoms with E-state index in [0.29, 0.717) is 16.8 Å². The highest BCUT2D eigenvalue weighted by Crippen LogP contribution is 2.31. The van der Waals surface area contributed by atoms with Crippen LogP contribution < -0.4 is 5.32 Å². The van der Waals surface area contributed by atoms with Crippen molar-refractivity contribution < 1.29 is 19.2 Å². The van der Waals surface area contributed by atoms with Gasteiger partial charge in [0.05, 0.1) is 16.6 Å². The van der Waals surface area contributed by atoms with Crippen molar-refractivity contribution in [3.63, 3.8) is 0 Å². The molecular weight excluding hydrogens is 303 g/mol. The lowest BCUT2D eigenvalue weighted by atomic mass is 10.1. The second kappa shape index (κ2) is 5.76. The second-order valence-electron chi connectivity index (χ2n) is 4.05. The smallest absolute Gasteiger partial charge is 0.338 e. The summed E-state index contributed by atoms with van der Waals surface area (Å²) in [5.74, 6) is -2.69. The Kier molecular flexibility index (Phi) is 4.04. The van der Waals surface area contributed by atoms with Gasteiger partial charge in [-0.2, -0.15) is 0 Å². The maximum absolute atomic E-state index is 13.5. The van der Waals surface area contributed by atoms with Crippen molar-refractivity contribution >= 4 is 34.6 Å². The Balaban J connectivity index is 2.52. The highest BCUT2D eigenvalue weighted by Gasteiger charge is 2.21. The number of nitro benzene ring substituents is 1. The van der Waals surface area contributed by atoms with E-state index in [1.54, 1.807) is 18.2 Å². The number of carbonyl (C=O) groups is 1. The van der Waals surface area contributed by atoms with Crippen molar-refractivity contribution in [3.05, 3.63) is 62.9 Å². The maximum atomic E-state index is 13.5. The van der Waals surface area contributed by atoms with Crippen LogP contribution in [0.25, 0.3) is 0 Å². The minimum atomic E-state index is -1.52. The van der Waals surface area contributed by atoms with Crippen LogP contribution in [0, 0.1) is 15.9 Å². The van der Waals surface area contributed by atoms with Gasteiger partial charge in [0.1, 0.15) is 11.5 Å². The van der Waals surface area contributed by atoms with Gasteiger partial charge in [0.2, 0.25) is 0 Å². The van der Waals surface area contributed by atoms with E-state index in [2.05, 4.69) is 5.32 Å². The van der Waals surface area contributed by atoms with Crippen molar-refractivity contribution in [1.82, 2.24) is 0 Å². The monoisotopic (exact) mass is 310 g/mol. The summed E-state index contributed by atoms with van der Waals surface area (Å²) in [4.78, 5) is 21.0. The minimum Gasteiger partial charge on any atom is -0.478 e. The van der Waals surface area contributed by atoms with Crippen molar-refractivity contribution in [2.24, 2.45) is 0 Å². The Bertz CT molecular complexity index is 736. The SMILES string of the molecule is O=C(O)c1cc(Nc2cccc(Cl)c2)c([N+](=O)[O-])cc1F. The van der Waals surface area contributed by atoms with E-state index in [1.807, 2.05) is 0 Å². The zero-order valence-corrected chi connectivity index (χ0v) is 11.1. The summed E-state index contributed by atoms with van der Waals surface area (Å²) in [7, 11) is 0. The van der Waals surface area contributed by atoms with E-state index < -0.39 is 28.0 Å². The number of carboxylic acid groups (broad SMARTS) is 1. The van der Waals surface area contributed by atoms with Crippen molar-refractivity contribution in [3.8, 4) is 0 Å². The Morgan fingerprint density at radius 1 is 1.33 bits per heavy atom. The van der Waals surface area contributed by atoms with Gasteiger partial charge in [0, 0.05) is 10.7 Å². The lowest BCUT2D eigenvalue weighted by Crippen LogP contribution is -2.05. The van der Waals surface area contributed by atoms with E-state index in [4.69, 9.17) is 16.7 Å². The third kappa shape index (κ3) is 3.26. The Morgan fingerprint density at radius 2 is 2.05 bits per heavy atom. The third-order valence-corrected chi connectivity index (χ3v) is 2.85. The van der Waals surface area contributed by atoms with Crippen LogP contribution in [0.5, 0.6) is 0 Å². The lowest BCUT2D eigenvalue weighted by molar-refractivity contribution is -0.384. The fourth-order valence-electron chi connectivity index (χ4n) is 1.70. The summed E-state index contributed by atoms with van der Waals surface area (Å²) < 4.78 is 13.5. The highest BCUT2D eigenvalue weighted by molar-refractivity contribution is 6.30. The largest absolute Gasteiger partial charge is 0.478 e. The van der Waals surface area contributed by atoms with Crippen LogP contribution in [0.1, 0.15) is 10.4 Å². The summed E-state index contributed by atoms with van der Waals surface area (Å²) in [6, 6.07) is 7.73. The molecule has 0 aliphatic carbocycles. The molecule has 0 spiro atoms. The number of nitro groups is 1. The van der Waals surface area contributed by atoms with Crippen molar-refractivity contribution in [2.45, 2.75) is 0 Å². The van der Waals surface area contributed by atoms with E-state index >= 15 is 0 Å². The molecule has 0 aliphatic heterocycles. The van der Waals surface area contributed by atoms with Crippen LogP contribution in [0.4, 0.5) is 21.5 Å². The molecule has 2 aromatic carbocycles. The van der Waals surface area contributed by atoms with Crippen LogP contribution in [0.2, 0.25) is 5.02 Å². The predicted molar refractivity (Wildman–Crippen MR) is 74.7 cm³/mol. The molecule has 2 rings (SSSR count). The van der Waals surface area contributed by atoms with Gasteiger partial charge < -0.3 is 10.4 Å². The molecule has 2 aromatic rings. The summed E-state index contributed by atoms with van der Waals surface area (Å²) in [6.45, 7) is 0. The number of halogens is 2. The first kappa shape index (κ1) is 14.7. The van der Waals surface area contributed by atoms with Crippen LogP contribution in [0.15, 0.2) is 36.4 Å². The van der Waals surface area contributed by atoms with Crippen LogP contribution in [0.3, 0.4) is 0 Å². The van der Waals surface area contributed by atoms with Gasteiger partial charge in [-0.05, 0) is 24.3 Å². The summed E-state index contributed by atoms with van der Waals surface area (Å²) in [5, 5.41) is 22.9. The van der Waals surface area contributed by atoms with Gasteiger partial charge in [-0.1, -0.05) is 17.7 Å². The molecule has 0 radical (unpaired) electrons. The highest BCUT2D eigenvalue weighted by atomic mass is 35.5. The topological polar surface area (TPSA) is 92.5 Å². The summed E-state index contributed by atoms with van der Waals surface area (Å²) in [5.41, 5.74) is -0.961. The minimum absolute atomic E-state index is 0.138. The number of nitrogens with one attached hydrogen (secondary N) is 1. The number of nitrogens with zero attached hydrogens (tertiary/aromatic N) is 1. The normalized spacial score (nSPS) is 10.2. The molecule has 8 heteroatoms. The molecule has 108 valence electrons. The lowest BCUT2D eigenvalue weighted by Gasteiger charge is -2.09. The summed E-state index contributed by atoms with van der Waals surface area (Å²) >= 11 is 5.79. The number of aromatic carboxylic acids is 1. The molecule has 0 fully saturated rings. The molecule has 0 saturated heterocycles. The van der Waals surface area contributed by atoms with Crippen LogP contribution >= 0.6 is 11.6 Å². The van der Waals surface area contributed by atoms with Gasteiger partial charge in [0.25, 0.3) is 5.69 Å². The molecule has 0 heterocycles.